The van der Waals surface area contributed by atoms with Crippen molar-refractivity contribution >= 4 is 39.2 Å². The number of hydrogen-bond donors (Lipinski definition) is 1. The van der Waals surface area contributed by atoms with Crippen LogP contribution in [0, 0.1) is 0 Å². The van der Waals surface area contributed by atoms with Crippen LogP contribution in [0.4, 0.5) is 5.69 Å². The minimum Gasteiger partial charge on any atom is -0.338 e. The van der Waals surface area contributed by atoms with E-state index in [1.807, 2.05) is 41.3 Å². The molecule has 1 saturated heterocycles. The van der Waals surface area contributed by atoms with Crippen LogP contribution < -0.4 is 5.32 Å². The molecular weight excluding hydrogens is 408 g/mol. The number of carbonyl (C=O) groups excluding carboxylic acids is 3. The lowest BCUT2D eigenvalue weighted by molar-refractivity contribution is -0.128. The molecule has 140 valence electrons. The minimum absolute atomic E-state index is 0.0565. The van der Waals surface area contributed by atoms with E-state index in [0.717, 1.165) is 23.0 Å². The highest BCUT2D eigenvalue weighted by Gasteiger charge is 2.20. The molecule has 27 heavy (non-hydrogen) atoms. The van der Waals surface area contributed by atoms with Gasteiger partial charge in [-0.1, -0.05) is 40.2 Å². The normalized spacial score (nSPS) is 13.7. The van der Waals surface area contributed by atoms with Gasteiger partial charge in [-0.25, -0.2) is 0 Å². The summed E-state index contributed by atoms with van der Waals surface area (Å²) in [5.41, 5.74) is 2.26. The van der Waals surface area contributed by atoms with Gasteiger partial charge in [0.2, 0.25) is 11.8 Å². The van der Waals surface area contributed by atoms with Crippen LogP contribution in [0.25, 0.3) is 0 Å². The summed E-state index contributed by atoms with van der Waals surface area (Å²) in [5.74, 6) is -0.0790. The topological polar surface area (TPSA) is 66.5 Å². The van der Waals surface area contributed by atoms with Gasteiger partial charge in [0.25, 0.3) is 0 Å². The summed E-state index contributed by atoms with van der Waals surface area (Å²) < 4.78 is 0.910. The van der Waals surface area contributed by atoms with E-state index in [-0.39, 0.29) is 30.4 Å². The van der Waals surface area contributed by atoms with Crippen molar-refractivity contribution < 1.29 is 14.4 Å². The molecule has 2 aromatic carbocycles. The number of rotatable bonds is 7. The molecule has 0 saturated carbocycles. The zero-order chi connectivity index (χ0) is 19.2. The predicted molar refractivity (Wildman–Crippen MR) is 107 cm³/mol. The van der Waals surface area contributed by atoms with E-state index in [1.54, 1.807) is 12.1 Å². The smallest absolute Gasteiger partial charge is 0.224 e. The lowest BCUT2D eigenvalue weighted by Gasteiger charge is -2.16. The van der Waals surface area contributed by atoms with Crippen molar-refractivity contribution in [2.75, 3.05) is 11.9 Å². The number of likely N-dealkylation sites (tertiary alicyclic amines) is 1. The molecule has 1 aliphatic heterocycles. The molecule has 0 aliphatic carbocycles. The molecule has 0 aromatic heterocycles. The number of benzene rings is 2. The van der Waals surface area contributed by atoms with Crippen molar-refractivity contribution in [2.45, 2.75) is 32.2 Å². The maximum atomic E-state index is 12.2. The molecule has 3 rings (SSSR count). The van der Waals surface area contributed by atoms with Crippen LogP contribution in [0.5, 0.6) is 0 Å². The molecular formula is C21H21BrN2O3. The number of nitrogens with one attached hydrogen (secondary N) is 1. The van der Waals surface area contributed by atoms with Crippen molar-refractivity contribution in [2.24, 2.45) is 0 Å². The molecule has 0 atom stereocenters. The first kappa shape index (κ1) is 19.3. The number of anilines is 1. The average molecular weight is 429 g/mol. The molecule has 6 heteroatoms. The Morgan fingerprint density at radius 2 is 1.85 bits per heavy atom. The number of hydrogen-bond acceptors (Lipinski definition) is 3. The Bertz CT molecular complexity index is 849. The molecule has 2 amide bonds. The Hall–Kier alpha value is -2.47. The number of Topliss-reactive ketones (excluding diaryl/α,β-unsaturated/α-hetero) is 1. The van der Waals surface area contributed by atoms with E-state index in [1.165, 1.54) is 0 Å². The molecule has 0 radical (unpaired) electrons. The highest BCUT2D eigenvalue weighted by molar-refractivity contribution is 9.10. The zero-order valence-corrected chi connectivity index (χ0v) is 16.5. The SMILES string of the molecule is O=C(CCC(=O)c1ccc(Br)cc1)Nc1cccc(CN2CCCC2=O)c1. The highest BCUT2D eigenvalue weighted by Crippen LogP contribution is 2.18. The van der Waals surface area contributed by atoms with E-state index < -0.39 is 0 Å². The van der Waals surface area contributed by atoms with Crippen molar-refractivity contribution in [3.8, 4) is 0 Å². The van der Waals surface area contributed by atoms with E-state index >= 15 is 0 Å². The number of ketones is 1. The number of amides is 2. The Labute approximate surface area is 166 Å². The van der Waals surface area contributed by atoms with Gasteiger partial charge in [-0.05, 0) is 36.2 Å². The number of halogens is 1. The van der Waals surface area contributed by atoms with Gasteiger partial charge in [0.05, 0.1) is 0 Å². The van der Waals surface area contributed by atoms with E-state index in [2.05, 4.69) is 21.2 Å². The first-order valence-corrected chi connectivity index (χ1v) is 9.76. The summed E-state index contributed by atoms with van der Waals surface area (Å²) >= 11 is 3.33. The van der Waals surface area contributed by atoms with Crippen LogP contribution in [0.15, 0.2) is 53.0 Å². The fourth-order valence-corrected chi connectivity index (χ4v) is 3.33. The molecule has 1 fully saturated rings. The third kappa shape index (κ3) is 5.50. The summed E-state index contributed by atoms with van der Waals surface area (Å²) in [7, 11) is 0. The van der Waals surface area contributed by atoms with Gasteiger partial charge in [-0.3, -0.25) is 14.4 Å². The van der Waals surface area contributed by atoms with Gasteiger partial charge in [0.15, 0.2) is 5.78 Å². The quantitative estimate of drug-likeness (QED) is 0.672. The summed E-state index contributed by atoms with van der Waals surface area (Å²) in [4.78, 5) is 37.9. The molecule has 0 bridgehead atoms. The first-order chi connectivity index (χ1) is 13.0. The van der Waals surface area contributed by atoms with E-state index in [0.29, 0.717) is 24.2 Å². The van der Waals surface area contributed by atoms with Gasteiger partial charge in [0.1, 0.15) is 0 Å². The Morgan fingerprint density at radius 3 is 2.56 bits per heavy atom. The second-order valence-corrected chi connectivity index (χ2v) is 7.51. The van der Waals surface area contributed by atoms with Crippen LogP contribution in [-0.2, 0) is 16.1 Å². The standard InChI is InChI=1S/C21H21BrN2O3/c22-17-8-6-16(7-9-17)19(25)10-11-20(26)23-18-4-1-3-15(13-18)14-24-12-2-5-21(24)27/h1,3-4,6-9,13H,2,5,10-12,14H2,(H,23,26). The van der Waals surface area contributed by atoms with Gasteiger partial charge in [0, 0.05) is 48.1 Å². The maximum Gasteiger partial charge on any atom is 0.224 e. The monoisotopic (exact) mass is 428 g/mol. The van der Waals surface area contributed by atoms with Crippen molar-refractivity contribution in [3.63, 3.8) is 0 Å². The fourth-order valence-electron chi connectivity index (χ4n) is 3.07. The third-order valence-corrected chi connectivity index (χ3v) is 5.03. The van der Waals surface area contributed by atoms with E-state index in [4.69, 9.17) is 0 Å². The van der Waals surface area contributed by atoms with Crippen LogP contribution in [-0.4, -0.2) is 29.0 Å². The molecule has 1 heterocycles. The van der Waals surface area contributed by atoms with Gasteiger partial charge < -0.3 is 10.2 Å². The highest BCUT2D eigenvalue weighted by atomic mass is 79.9. The first-order valence-electron chi connectivity index (χ1n) is 8.96. The summed E-state index contributed by atoms with van der Waals surface area (Å²) in [6.07, 6.45) is 1.81. The molecule has 5 nitrogen and oxygen atoms in total. The fraction of sp³-hybridized carbons (Fsp3) is 0.286. The van der Waals surface area contributed by atoms with Crippen LogP contribution in [0.3, 0.4) is 0 Å². The molecule has 0 spiro atoms. The second-order valence-electron chi connectivity index (χ2n) is 6.60. The summed E-state index contributed by atoms with van der Waals surface area (Å²) in [6.45, 7) is 1.35. The van der Waals surface area contributed by atoms with Gasteiger partial charge in [-0.15, -0.1) is 0 Å². The maximum absolute atomic E-state index is 12.2. The van der Waals surface area contributed by atoms with Gasteiger partial charge >= 0.3 is 0 Å². The third-order valence-electron chi connectivity index (χ3n) is 4.50. The molecule has 1 aliphatic rings. The van der Waals surface area contributed by atoms with Crippen LogP contribution in [0.2, 0.25) is 0 Å². The Kier molecular flexibility index (Phi) is 6.40. The lowest BCUT2D eigenvalue weighted by Crippen LogP contribution is -2.23. The zero-order valence-electron chi connectivity index (χ0n) is 14.9. The minimum atomic E-state index is -0.199. The molecule has 1 N–H and O–H groups in total. The number of nitrogens with zero attached hydrogens (tertiary/aromatic N) is 1. The molecule has 0 unspecified atom stereocenters. The van der Waals surface area contributed by atoms with E-state index in [9.17, 15) is 14.4 Å². The number of carbonyl (C=O) groups is 3. The largest absolute Gasteiger partial charge is 0.338 e. The van der Waals surface area contributed by atoms with Crippen LogP contribution >= 0.6 is 15.9 Å². The predicted octanol–water partition coefficient (Wildman–Crippen LogP) is 4.17. The summed E-state index contributed by atoms with van der Waals surface area (Å²) in [6, 6.07) is 14.6. The Balaban J connectivity index is 1.51. The Morgan fingerprint density at radius 1 is 1.07 bits per heavy atom. The summed E-state index contributed by atoms with van der Waals surface area (Å²) in [5, 5.41) is 2.83. The van der Waals surface area contributed by atoms with Crippen molar-refractivity contribution in [1.82, 2.24) is 4.90 Å². The van der Waals surface area contributed by atoms with Crippen molar-refractivity contribution in [3.05, 3.63) is 64.1 Å². The van der Waals surface area contributed by atoms with Crippen molar-refractivity contribution in [1.29, 1.82) is 0 Å². The lowest BCUT2D eigenvalue weighted by atomic mass is 10.1. The van der Waals surface area contributed by atoms with Gasteiger partial charge in [-0.2, -0.15) is 0 Å². The second kappa shape index (κ2) is 8.95. The average Bonchev–Trinajstić information content (AvgIpc) is 3.05. The molecule has 2 aromatic rings. The van der Waals surface area contributed by atoms with Crippen LogP contribution in [0.1, 0.15) is 41.6 Å².